The number of aromatic nitrogens is 4. The molecule has 1 N–H and O–H groups in total. The van der Waals surface area contributed by atoms with Crippen molar-refractivity contribution in [1.29, 1.82) is 0 Å². The Balaban J connectivity index is 1.46. The monoisotopic (exact) mass is 419 g/mol. The zero-order valence-corrected chi connectivity index (χ0v) is 17.4. The second kappa shape index (κ2) is 10.4. The van der Waals surface area contributed by atoms with Gasteiger partial charge in [0, 0.05) is 49.4 Å². The Hall–Kier alpha value is -3.59. The van der Waals surface area contributed by atoms with Crippen LogP contribution in [-0.2, 0) is 11.2 Å². The molecule has 1 saturated heterocycles. The number of hydrazone groups is 1. The minimum absolute atomic E-state index is 0.303. The van der Waals surface area contributed by atoms with Crippen LogP contribution in [0.5, 0.6) is 6.01 Å². The topological polar surface area (TPSA) is 97.7 Å². The zero-order valence-electron chi connectivity index (χ0n) is 17.4. The molecule has 0 amide bonds. The summed E-state index contributed by atoms with van der Waals surface area (Å²) < 4.78 is 11.3. The van der Waals surface area contributed by atoms with E-state index in [9.17, 15) is 0 Å². The molecule has 9 nitrogen and oxygen atoms in total. The molecule has 1 aliphatic heterocycles. The molecule has 4 heterocycles. The van der Waals surface area contributed by atoms with E-state index in [1.54, 1.807) is 18.6 Å². The number of hydrogen-bond acceptors (Lipinski definition) is 9. The highest BCUT2D eigenvalue weighted by Crippen LogP contribution is 2.20. The third-order valence-electron chi connectivity index (χ3n) is 4.66. The molecule has 4 rings (SSSR count). The number of hydrogen-bond donors (Lipinski definition) is 1. The van der Waals surface area contributed by atoms with E-state index in [-0.39, 0.29) is 0 Å². The highest BCUT2D eigenvalue weighted by atomic mass is 16.5. The standard InChI is InChI=1S/C22H25N7O2/c1-17-14-18(5-8-23-17)16-25-28-20-15-21(29-9-12-30-13-10-29)27-22(26-20)31-11-6-19-4-2-3-7-24-19/h2-5,7-8,14-16H,6,9-13H2,1H3,(H,26,27,28)/b25-16+. The fourth-order valence-electron chi connectivity index (χ4n) is 3.10. The first-order valence-corrected chi connectivity index (χ1v) is 10.2. The lowest BCUT2D eigenvalue weighted by molar-refractivity contribution is 0.122. The average molecular weight is 419 g/mol. The zero-order chi connectivity index (χ0) is 21.3. The van der Waals surface area contributed by atoms with Crippen LogP contribution >= 0.6 is 0 Å². The Morgan fingerprint density at radius 3 is 2.84 bits per heavy atom. The van der Waals surface area contributed by atoms with Crippen LogP contribution in [0, 0.1) is 6.92 Å². The van der Waals surface area contributed by atoms with Gasteiger partial charge in [-0.3, -0.25) is 15.4 Å². The molecule has 9 heteroatoms. The first-order valence-electron chi connectivity index (χ1n) is 10.2. The van der Waals surface area contributed by atoms with Gasteiger partial charge >= 0.3 is 6.01 Å². The summed E-state index contributed by atoms with van der Waals surface area (Å²) in [6.07, 6.45) is 5.93. The Labute approximate surface area is 181 Å². The van der Waals surface area contributed by atoms with Crippen LogP contribution in [0.3, 0.4) is 0 Å². The smallest absolute Gasteiger partial charge is 0.320 e. The maximum atomic E-state index is 5.84. The summed E-state index contributed by atoms with van der Waals surface area (Å²) in [4.78, 5) is 19.7. The van der Waals surface area contributed by atoms with Crippen LogP contribution in [0.2, 0.25) is 0 Å². The molecule has 160 valence electrons. The molecule has 1 aliphatic rings. The number of ether oxygens (including phenoxy) is 2. The lowest BCUT2D eigenvalue weighted by Crippen LogP contribution is -2.36. The predicted molar refractivity (Wildman–Crippen MR) is 119 cm³/mol. The summed E-state index contributed by atoms with van der Waals surface area (Å²) in [6.45, 7) is 5.25. The van der Waals surface area contributed by atoms with E-state index in [2.05, 4.69) is 35.4 Å². The Bertz CT molecular complexity index is 1010. The van der Waals surface area contributed by atoms with Crippen LogP contribution in [0.1, 0.15) is 17.0 Å². The second-order valence-corrected chi connectivity index (χ2v) is 7.01. The maximum absolute atomic E-state index is 5.84. The van der Waals surface area contributed by atoms with Crippen molar-refractivity contribution >= 4 is 17.9 Å². The molecule has 0 saturated carbocycles. The number of aryl methyl sites for hydroxylation is 1. The van der Waals surface area contributed by atoms with Gasteiger partial charge < -0.3 is 14.4 Å². The number of nitrogens with zero attached hydrogens (tertiary/aromatic N) is 6. The van der Waals surface area contributed by atoms with Gasteiger partial charge in [0.25, 0.3) is 0 Å². The number of rotatable bonds is 8. The highest BCUT2D eigenvalue weighted by Gasteiger charge is 2.15. The van der Waals surface area contributed by atoms with Crippen molar-refractivity contribution in [2.45, 2.75) is 13.3 Å². The fourth-order valence-corrected chi connectivity index (χ4v) is 3.10. The van der Waals surface area contributed by atoms with Gasteiger partial charge in [-0.2, -0.15) is 15.1 Å². The summed E-state index contributed by atoms with van der Waals surface area (Å²) in [5.41, 5.74) is 5.84. The molecule has 0 aliphatic carbocycles. The van der Waals surface area contributed by atoms with E-state index in [1.807, 2.05) is 43.3 Å². The normalized spacial score (nSPS) is 14.0. The van der Waals surface area contributed by atoms with Gasteiger partial charge in [0.05, 0.1) is 26.0 Å². The van der Waals surface area contributed by atoms with Crippen molar-refractivity contribution in [3.8, 4) is 6.01 Å². The van der Waals surface area contributed by atoms with Crippen LogP contribution in [0.25, 0.3) is 0 Å². The predicted octanol–water partition coefficient (Wildman–Crippen LogP) is 2.48. The van der Waals surface area contributed by atoms with Gasteiger partial charge in [0.1, 0.15) is 5.82 Å². The second-order valence-electron chi connectivity index (χ2n) is 7.01. The fraction of sp³-hybridized carbons (Fsp3) is 0.318. The van der Waals surface area contributed by atoms with Crippen molar-refractivity contribution in [3.63, 3.8) is 0 Å². The molecule has 31 heavy (non-hydrogen) atoms. The molecule has 3 aromatic rings. The Morgan fingerprint density at radius 2 is 2.03 bits per heavy atom. The van der Waals surface area contributed by atoms with E-state index in [4.69, 9.17) is 9.47 Å². The summed E-state index contributed by atoms with van der Waals surface area (Å²) in [5.74, 6) is 1.34. The van der Waals surface area contributed by atoms with E-state index in [0.29, 0.717) is 38.1 Å². The minimum atomic E-state index is 0.303. The van der Waals surface area contributed by atoms with E-state index < -0.39 is 0 Å². The summed E-state index contributed by atoms with van der Waals surface area (Å²) in [6, 6.07) is 11.8. The minimum Gasteiger partial charge on any atom is -0.463 e. The molecule has 0 unspecified atom stereocenters. The van der Waals surface area contributed by atoms with Crippen LogP contribution in [0.15, 0.2) is 53.9 Å². The SMILES string of the molecule is Cc1cc(/C=N/Nc2cc(N3CCOCC3)nc(OCCc3ccccn3)n2)ccn1. The molecule has 0 spiro atoms. The number of nitrogens with one attached hydrogen (secondary N) is 1. The molecule has 0 atom stereocenters. The molecule has 0 radical (unpaired) electrons. The number of pyridine rings is 2. The number of anilines is 2. The molecular formula is C22H25N7O2. The number of morpholine rings is 1. The first-order chi connectivity index (χ1) is 15.3. The van der Waals surface area contributed by atoms with E-state index >= 15 is 0 Å². The van der Waals surface area contributed by atoms with Crippen molar-refractivity contribution < 1.29 is 9.47 Å². The third kappa shape index (κ3) is 6.19. The quantitative estimate of drug-likeness (QED) is 0.439. The van der Waals surface area contributed by atoms with Gasteiger partial charge in [-0.1, -0.05) is 6.07 Å². The van der Waals surface area contributed by atoms with Gasteiger partial charge in [0.2, 0.25) is 0 Å². The van der Waals surface area contributed by atoms with Crippen molar-refractivity contribution in [2.75, 3.05) is 43.2 Å². The van der Waals surface area contributed by atoms with Gasteiger partial charge in [-0.25, -0.2) is 0 Å². The van der Waals surface area contributed by atoms with Crippen molar-refractivity contribution in [1.82, 2.24) is 19.9 Å². The third-order valence-corrected chi connectivity index (χ3v) is 4.66. The van der Waals surface area contributed by atoms with Crippen LogP contribution < -0.4 is 15.1 Å². The van der Waals surface area contributed by atoms with Gasteiger partial charge in [-0.05, 0) is 36.8 Å². The van der Waals surface area contributed by atoms with Gasteiger partial charge in [-0.15, -0.1) is 0 Å². The maximum Gasteiger partial charge on any atom is 0.320 e. The molecule has 0 bridgehead atoms. The van der Waals surface area contributed by atoms with Crippen LogP contribution in [0.4, 0.5) is 11.6 Å². The van der Waals surface area contributed by atoms with Crippen molar-refractivity contribution in [2.24, 2.45) is 5.10 Å². The van der Waals surface area contributed by atoms with Crippen LogP contribution in [-0.4, -0.2) is 59.1 Å². The Kier molecular flexibility index (Phi) is 6.96. The largest absolute Gasteiger partial charge is 0.463 e. The summed E-state index contributed by atoms with van der Waals surface area (Å²) >= 11 is 0. The molecule has 0 aromatic carbocycles. The van der Waals surface area contributed by atoms with Gasteiger partial charge in [0.15, 0.2) is 5.82 Å². The average Bonchev–Trinajstić information content (AvgIpc) is 2.80. The highest BCUT2D eigenvalue weighted by molar-refractivity contribution is 5.80. The molecule has 3 aromatic heterocycles. The lowest BCUT2D eigenvalue weighted by Gasteiger charge is -2.28. The first kappa shape index (κ1) is 20.7. The summed E-state index contributed by atoms with van der Waals surface area (Å²) in [7, 11) is 0. The Morgan fingerprint density at radius 1 is 1.13 bits per heavy atom. The van der Waals surface area contributed by atoms with E-state index in [0.717, 1.165) is 35.9 Å². The lowest BCUT2D eigenvalue weighted by atomic mass is 10.2. The summed E-state index contributed by atoms with van der Waals surface area (Å²) in [5, 5.41) is 4.31. The van der Waals surface area contributed by atoms with Crippen molar-refractivity contribution in [3.05, 3.63) is 65.7 Å². The molecule has 1 fully saturated rings. The molecular weight excluding hydrogens is 394 g/mol. The van der Waals surface area contributed by atoms with E-state index in [1.165, 1.54) is 0 Å².